The van der Waals surface area contributed by atoms with Crippen molar-refractivity contribution in [1.82, 2.24) is 30.5 Å². The van der Waals surface area contributed by atoms with E-state index in [1.165, 1.54) is 17.5 Å². The van der Waals surface area contributed by atoms with E-state index in [9.17, 15) is 19.2 Å². The number of imide groups is 1. The Morgan fingerprint density at radius 1 is 1.08 bits per heavy atom. The molecule has 0 bridgehead atoms. The number of rotatable bonds is 13. The first-order valence-corrected chi connectivity index (χ1v) is 18.3. The Kier molecular flexibility index (Phi) is 10.3. The van der Waals surface area contributed by atoms with Crippen molar-refractivity contribution >= 4 is 69.0 Å². The van der Waals surface area contributed by atoms with Gasteiger partial charge in [-0.3, -0.25) is 29.4 Å². The zero-order valence-corrected chi connectivity index (χ0v) is 30.2. The maximum Gasteiger partial charge on any atom is 0.267 e. The molecule has 2 aromatic heterocycles. The molecule has 3 fully saturated rings. The first-order valence-electron chi connectivity index (χ1n) is 17.1. The standard InChI is InChI=1S/C36H38ClN9O5S/c1-20-5-3-6-25(37)33(20)44-35(50)28-16-39-36(52-28)42-29-15-30(41-21(2)40-29)46-18-26-27(46)17-45(26)14-4-13-38-32(48)19-51-23-9-7-22(8-10-23)24-11-12-31(47)43-34(24)49/h3,5-10,15-16,24,26-27H,4,11-14,17-19H2,1-2H3,(H,38,48)(H,44,50)(H,43,47,49)(H,39,40,41,42)/t24?,26-,27?/m0/s1. The second-order valence-electron chi connectivity index (χ2n) is 13.0. The number of likely N-dealkylation sites (tertiary alicyclic amines) is 1. The van der Waals surface area contributed by atoms with Crippen LogP contribution in [0.4, 0.5) is 22.5 Å². The first kappa shape index (κ1) is 35.3. The third-order valence-corrected chi connectivity index (χ3v) is 10.7. The number of fused-ring (bicyclic) bond motifs is 1. The molecule has 4 aromatic rings. The van der Waals surface area contributed by atoms with E-state index in [-0.39, 0.29) is 36.2 Å². The molecule has 14 nitrogen and oxygen atoms in total. The Morgan fingerprint density at radius 2 is 1.90 bits per heavy atom. The van der Waals surface area contributed by atoms with Crippen molar-refractivity contribution in [1.29, 1.82) is 0 Å². The van der Waals surface area contributed by atoms with Gasteiger partial charge in [0.15, 0.2) is 11.7 Å². The molecule has 3 aliphatic rings. The van der Waals surface area contributed by atoms with Crippen LogP contribution in [-0.2, 0) is 14.4 Å². The highest BCUT2D eigenvalue weighted by Crippen LogP contribution is 2.37. The molecule has 3 saturated heterocycles. The summed E-state index contributed by atoms with van der Waals surface area (Å²) >= 11 is 7.50. The molecule has 3 atom stereocenters. The van der Waals surface area contributed by atoms with Gasteiger partial charge in [-0.15, -0.1) is 0 Å². The molecule has 5 heterocycles. The van der Waals surface area contributed by atoms with Gasteiger partial charge in [-0.25, -0.2) is 15.0 Å². The van der Waals surface area contributed by atoms with Gasteiger partial charge >= 0.3 is 0 Å². The van der Waals surface area contributed by atoms with E-state index in [1.54, 1.807) is 30.3 Å². The largest absolute Gasteiger partial charge is 0.484 e. The molecule has 2 aromatic carbocycles. The highest BCUT2D eigenvalue weighted by molar-refractivity contribution is 7.17. The maximum absolute atomic E-state index is 12.9. The van der Waals surface area contributed by atoms with Crippen LogP contribution >= 0.6 is 22.9 Å². The third kappa shape index (κ3) is 7.86. The molecule has 2 unspecified atom stereocenters. The number of hydrogen-bond acceptors (Lipinski definition) is 12. The first-order chi connectivity index (χ1) is 25.1. The van der Waals surface area contributed by atoms with Crippen LogP contribution in [-0.4, -0.2) is 88.4 Å². The highest BCUT2D eigenvalue weighted by Gasteiger charge is 2.51. The Balaban J connectivity index is 0.817. The molecule has 16 heteroatoms. The molecule has 3 aliphatic heterocycles. The molecular formula is C36H38ClN9O5S. The quantitative estimate of drug-likeness (QED) is 0.114. The van der Waals surface area contributed by atoms with E-state index in [2.05, 4.69) is 46.0 Å². The molecule has 4 N–H and O–H groups in total. The summed E-state index contributed by atoms with van der Waals surface area (Å²) in [4.78, 5) is 67.5. The van der Waals surface area contributed by atoms with Crippen molar-refractivity contribution in [2.24, 2.45) is 0 Å². The van der Waals surface area contributed by atoms with Gasteiger partial charge in [0.2, 0.25) is 11.8 Å². The smallest absolute Gasteiger partial charge is 0.267 e. The minimum atomic E-state index is -0.356. The van der Waals surface area contributed by atoms with E-state index in [0.29, 0.717) is 69.6 Å². The van der Waals surface area contributed by atoms with Gasteiger partial charge in [-0.2, -0.15) is 0 Å². The Labute approximate surface area is 309 Å². The number of para-hydroxylation sites is 1. The number of aromatic nitrogens is 3. The average molecular weight is 744 g/mol. The molecule has 4 amide bonds. The number of aryl methyl sites for hydroxylation is 2. The Morgan fingerprint density at radius 3 is 2.65 bits per heavy atom. The fourth-order valence-electron chi connectivity index (χ4n) is 6.66. The van der Waals surface area contributed by atoms with Crippen LogP contribution in [0.2, 0.25) is 5.02 Å². The molecule has 0 aliphatic carbocycles. The van der Waals surface area contributed by atoms with Crippen molar-refractivity contribution < 1.29 is 23.9 Å². The summed E-state index contributed by atoms with van der Waals surface area (Å²) in [6.45, 7) is 6.84. The summed E-state index contributed by atoms with van der Waals surface area (Å²) in [7, 11) is 0. The summed E-state index contributed by atoms with van der Waals surface area (Å²) in [6.07, 6.45) is 3.15. The number of piperazine rings is 1. The second kappa shape index (κ2) is 15.2. The summed E-state index contributed by atoms with van der Waals surface area (Å²) in [6, 6.07) is 15.2. The molecule has 0 saturated carbocycles. The number of nitrogens with one attached hydrogen (secondary N) is 4. The SMILES string of the molecule is Cc1nc(Nc2ncc(C(=O)Nc3c(C)cccc3Cl)s2)cc(N2C[C@H]3C2CN3CCCNC(=O)COc2ccc(C3CCC(=O)NC3=O)cc2)n1. The Bertz CT molecular complexity index is 1990. The predicted octanol–water partition coefficient (Wildman–Crippen LogP) is 4.18. The molecule has 0 spiro atoms. The highest BCUT2D eigenvalue weighted by atomic mass is 35.5. The number of carbonyl (C=O) groups is 4. The van der Waals surface area contributed by atoms with Crippen molar-refractivity contribution in [2.75, 3.05) is 48.3 Å². The summed E-state index contributed by atoms with van der Waals surface area (Å²) in [5.41, 5.74) is 2.27. The fourth-order valence-corrected chi connectivity index (χ4v) is 7.65. The van der Waals surface area contributed by atoms with Gasteiger partial charge in [0, 0.05) is 44.7 Å². The van der Waals surface area contributed by atoms with Crippen LogP contribution in [0.25, 0.3) is 0 Å². The van der Waals surface area contributed by atoms with Crippen LogP contribution < -0.4 is 30.9 Å². The number of piperidine rings is 1. The molecule has 270 valence electrons. The van der Waals surface area contributed by atoms with E-state index < -0.39 is 0 Å². The second-order valence-corrected chi connectivity index (χ2v) is 14.5. The van der Waals surface area contributed by atoms with Gasteiger partial charge in [0.25, 0.3) is 11.8 Å². The molecule has 52 heavy (non-hydrogen) atoms. The number of anilines is 4. The topological polar surface area (TPSA) is 171 Å². The number of ether oxygens (including phenoxy) is 1. The number of amides is 4. The number of nitrogens with zero attached hydrogens (tertiary/aromatic N) is 5. The van der Waals surface area contributed by atoms with Crippen molar-refractivity contribution in [2.45, 2.75) is 51.1 Å². The summed E-state index contributed by atoms with van der Waals surface area (Å²) in [5, 5.41) is 12.4. The van der Waals surface area contributed by atoms with Crippen LogP contribution in [0.5, 0.6) is 5.75 Å². The van der Waals surface area contributed by atoms with Crippen molar-refractivity contribution in [3.8, 4) is 5.75 Å². The minimum Gasteiger partial charge on any atom is -0.484 e. The maximum atomic E-state index is 12.9. The Hall–Kier alpha value is -5.12. The number of carbonyl (C=O) groups excluding carboxylic acids is 4. The number of hydrogen-bond donors (Lipinski definition) is 4. The number of thiazole rings is 1. The zero-order valence-electron chi connectivity index (χ0n) is 28.6. The van der Waals surface area contributed by atoms with E-state index in [0.717, 1.165) is 43.0 Å². The van der Waals surface area contributed by atoms with Gasteiger partial charge in [0.1, 0.15) is 28.1 Å². The van der Waals surface area contributed by atoms with Crippen LogP contribution in [0.3, 0.4) is 0 Å². The van der Waals surface area contributed by atoms with Gasteiger partial charge in [0.05, 0.1) is 28.9 Å². The number of halogens is 1. The summed E-state index contributed by atoms with van der Waals surface area (Å²) in [5.74, 6) is 1.26. The van der Waals surface area contributed by atoms with E-state index in [4.69, 9.17) is 16.3 Å². The summed E-state index contributed by atoms with van der Waals surface area (Å²) < 4.78 is 5.63. The zero-order chi connectivity index (χ0) is 36.4. The van der Waals surface area contributed by atoms with Gasteiger partial charge in [-0.05, 0) is 56.0 Å². The lowest BCUT2D eigenvalue weighted by atomic mass is 9.85. The van der Waals surface area contributed by atoms with Crippen LogP contribution in [0, 0.1) is 13.8 Å². The molecule has 0 radical (unpaired) electrons. The van der Waals surface area contributed by atoms with Crippen molar-refractivity contribution in [3.63, 3.8) is 0 Å². The van der Waals surface area contributed by atoms with Crippen LogP contribution in [0.1, 0.15) is 51.8 Å². The predicted molar refractivity (Wildman–Crippen MR) is 197 cm³/mol. The molecule has 7 rings (SSSR count). The van der Waals surface area contributed by atoms with Crippen molar-refractivity contribution in [3.05, 3.63) is 81.6 Å². The normalized spacial score (nSPS) is 19.5. The van der Waals surface area contributed by atoms with Gasteiger partial charge < -0.3 is 25.6 Å². The monoisotopic (exact) mass is 743 g/mol. The van der Waals surface area contributed by atoms with Crippen LogP contribution in [0.15, 0.2) is 54.7 Å². The van der Waals surface area contributed by atoms with E-state index in [1.807, 2.05) is 32.0 Å². The minimum absolute atomic E-state index is 0.0985. The molecular weight excluding hydrogens is 706 g/mol. The lowest BCUT2D eigenvalue weighted by Gasteiger charge is -2.62. The lowest BCUT2D eigenvalue weighted by molar-refractivity contribution is -0.134. The lowest BCUT2D eigenvalue weighted by Crippen LogP contribution is -2.79. The third-order valence-electron chi connectivity index (χ3n) is 9.50. The van der Waals surface area contributed by atoms with E-state index >= 15 is 0 Å². The number of benzene rings is 2. The average Bonchev–Trinajstić information content (AvgIpc) is 3.57. The fraction of sp³-hybridized carbons (Fsp3) is 0.361. The van der Waals surface area contributed by atoms with Gasteiger partial charge in [-0.1, -0.05) is 47.2 Å².